The summed E-state index contributed by atoms with van der Waals surface area (Å²) in [4.78, 5) is 16.4. The number of anilines is 1. The van der Waals surface area contributed by atoms with E-state index in [9.17, 15) is 4.79 Å². The van der Waals surface area contributed by atoms with Gasteiger partial charge in [-0.2, -0.15) is 0 Å². The van der Waals surface area contributed by atoms with Gasteiger partial charge in [-0.05, 0) is 42.7 Å². The summed E-state index contributed by atoms with van der Waals surface area (Å²) in [5.41, 5.74) is 2.53. The molecular formula is C20H27N3O2. The summed E-state index contributed by atoms with van der Waals surface area (Å²) in [6, 6.07) is 11.5. The van der Waals surface area contributed by atoms with E-state index >= 15 is 0 Å². The topological polar surface area (TPSA) is 63.2 Å². The zero-order valence-corrected chi connectivity index (χ0v) is 15.0. The van der Waals surface area contributed by atoms with Gasteiger partial charge in [0.25, 0.3) is 5.91 Å². The Hall–Kier alpha value is -2.56. The second kappa shape index (κ2) is 10.3. The Morgan fingerprint density at radius 2 is 1.92 bits per heavy atom. The highest BCUT2D eigenvalue weighted by Crippen LogP contribution is 2.12. The number of pyridine rings is 1. The van der Waals surface area contributed by atoms with Gasteiger partial charge in [-0.3, -0.25) is 9.78 Å². The lowest BCUT2D eigenvalue weighted by molar-refractivity contribution is 0.0949. The number of methoxy groups -OCH3 is 1. The van der Waals surface area contributed by atoms with Crippen LogP contribution in [-0.4, -0.2) is 31.1 Å². The van der Waals surface area contributed by atoms with Crippen molar-refractivity contribution in [1.82, 2.24) is 10.3 Å². The maximum absolute atomic E-state index is 12.2. The molecule has 0 saturated heterocycles. The summed E-state index contributed by atoms with van der Waals surface area (Å²) in [6.45, 7) is 3.66. The quantitative estimate of drug-likeness (QED) is 0.647. The van der Waals surface area contributed by atoms with E-state index in [4.69, 9.17) is 4.74 Å². The minimum atomic E-state index is -0.147. The number of carbonyl (C=O) groups is 1. The fourth-order valence-corrected chi connectivity index (χ4v) is 2.48. The van der Waals surface area contributed by atoms with Crippen molar-refractivity contribution >= 4 is 11.6 Å². The Bertz CT molecular complexity index is 656. The first-order valence-corrected chi connectivity index (χ1v) is 8.84. The number of nitrogens with one attached hydrogen (secondary N) is 2. The zero-order valence-electron chi connectivity index (χ0n) is 15.0. The largest absolute Gasteiger partial charge is 0.497 e. The van der Waals surface area contributed by atoms with E-state index in [0.29, 0.717) is 12.2 Å². The molecule has 1 aromatic heterocycles. The van der Waals surface area contributed by atoms with E-state index in [1.54, 1.807) is 19.4 Å². The van der Waals surface area contributed by atoms with Crippen LogP contribution in [0.1, 0.15) is 42.2 Å². The van der Waals surface area contributed by atoms with Gasteiger partial charge in [-0.25, -0.2) is 0 Å². The molecule has 0 saturated carbocycles. The highest BCUT2D eigenvalue weighted by molar-refractivity contribution is 5.93. The average molecular weight is 341 g/mol. The molecule has 0 aliphatic rings. The third kappa shape index (κ3) is 6.45. The Balaban J connectivity index is 1.79. The van der Waals surface area contributed by atoms with Gasteiger partial charge < -0.3 is 15.4 Å². The Kier molecular flexibility index (Phi) is 7.76. The Labute approximate surface area is 149 Å². The molecule has 0 bridgehead atoms. The summed E-state index contributed by atoms with van der Waals surface area (Å²) in [5.74, 6) is 0.686. The number of hydrogen-bond donors (Lipinski definition) is 2. The molecule has 134 valence electrons. The van der Waals surface area contributed by atoms with Crippen LogP contribution in [0.3, 0.4) is 0 Å². The molecule has 0 aliphatic carbocycles. The van der Waals surface area contributed by atoms with Crippen LogP contribution in [-0.2, 0) is 6.42 Å². The van der Waals surface area contributed by atoms with Crippen molar-refractivity contribution < 1.29 is 9.53 Å². The number of amides is 1. The maximum atomic E-state index is 12.2. The highest BCUT2D eigenvalue weighted by atomic mass is 16.5. The molecule has 25 heavy (non-hydrogen) atoms. The zero-order chi connectivity index (χ0) is 17.9. The minimum absolute atomic E-state index is 0.147. The fourth-order valence-electron chi connectivity index (χ4n) is 2.48. The second-order valence-corrected chi connectivity index (χ2v) is 5.92. The summed E-state index contributed by atoms with van der Waals surface area (Å²) >= 11 is 0. The smallest absolute Gasteiger partial charge is 0.269 e. The molecule has 1 amide bonds. The number of rotatable bonds is 10. The van der Waals surface area contributed by atoms with Gasteiger partial charge in [0.2, 0.25) is 0 Å². The number of aromatic nitrogens is 1. The molecule has 2 N–H and O–H groups in total. The van der Waals surface area contributed by atoms with E-state index < -0.39 is 0 Å². The van der Waals surface area contributed by atoms with Crippen LogP contribution in [0.4, 0.5) is 5.69 Å². The van der Waals surface area contributed by atoms with Crippen LogP contribution < -0.4 is 15.4 Å². The fraction of sp³-hybridized carbons (Fsp3) is 0.400. The highest BCUT2D eigenvalue weighted by Gasteiger charge is 2.07. The van der Waals surface area contributed by atoms with Crippen molar-refractivity contribution in [2.45, 2.75) is 32.6 Å². The van der Waals surface area contributed by atoms with Gasteiger partial charge in [-0.15, -0.1) is 0 Å². The molecule has 1 heterocycles. The third-order valence-corrected chi connectivity index (χ3v) is 3.96. The van der Waals surface area contributed by atoms with Crippen molar-refractivity contribution in [3.8, 4) is 5.75 Å². The van der Waals surface area contributed by atoms with E-state index in [1.165, 1.54) is 12.8 Å². The minimum Gasteiger partial charge on any atom is -0.497 e. The molecule has 1 aromatic carbocycles. The van der Waals surface area contributed by atoms with E-state index in [0.717, 1.165) is 36.4 Å². The number of unbranched alkanes of at least 4 members (excludes halogenated alkanes) is 2. The molecule has 5 heteroatoms. The predicted molar refractivity (Wildman–Crippen MR) is 101 cm³/mol. The summed E-state index contributed by atoms with van der Waals surface area (Å²) < 4.78 is 5.14. The van der Waals surface area contributed by atoms with Gasteiger partial charge in [0.1, 0.15) is 11.4 Å². The van der Waals surface area contributed by atoms with Gasteiger partial charge >= 0.3 is 0 Å². The number of carbonyl (C=O) groups excluding carboxylic acids is 1. The molecule has 0 unspecified atom stereocenters. The van der Waals surface area contributed by atoms with Crippen LogP contribution in [0.2, 0.25) is 0 Å². The predicted octanol–water partition coefficient (Wildman–Crippen LogP) is 3.66. The van der Waals surface area contributed by atoms with Crippen LogP contribution in [0.25, 0.3) is 0 Å². The first kappa shape index (κ1) is 18.8. The number of benzene rings is 1. The molecule has 0 atom stereocenters. The van der Waals surface area contributed by atoms with Crippen LogP contribution in [0.5, 0.6) is 5.75 Å². The average Bonchev–Trinajstić information content (AvgIpc) is 2.66. The third-order valence-electron chi connectivity index (χ3n) is 3.96. The lowest BCUT2D eigenvalue weighted by atomic mass is 10.1. The van der Waals surface area contributed by atoms with Crippen LogP contribution >= 0.6 is 0 Å². The van der Waals surface area contributed by atoms with Gasteiger partial charge in [0.05, 0.1) is 7.11 Å². The lowest BCUT2D eigenvalue weighted by Gasteiger charge is -2.08. The van der Waals surface area contributed by atoms with E-state index in [-0.39, 0.29) is 5.91 Å². The number of nitrogens with zero attached hydrogens (tertiary/aromatic N) is 1. The maximum Gasteiger partial charge on any atom is 0.269 e. The normalized spacial score (nSPS) is 10.3. The molecular weight excluding hydrogens is 314 g/mol. The number of hydrogen-bond acceptors (Lipinski definition) is 4. The SMILES string of the molecule is CCCCCNc1ccnc(C(=O)NCCc2ccc(OC)cc2)c1. The lowest BCUT2D eigenvalue weighted by Crippen LogP contribution is -2.26. The van der Waals surface area contributed by atoms with E-state index in [2.05, 4.69) is 22.5 Å². The van der Waals surface area contributed by atoms with Crippen LogP contribution in [0.15, 0.2) is 42.6 Å². The summed E-state index contributed by atoms with van der Waals surface area (Å²) in [6.07, 6.45) is 5.96. The molecule has 5 nitrogen and oxygen atoms in total. The number of ether oxygens (including phenoxy) is 1. The van der Waals surface area contributed by atoms with Crippen LogP contribution in [0, 0.1) is 0 Å². The second-order valence-electron chi connectivity index (χ2n) is 5.92. The van der Waals surface area contributed by atoms with Gasteiger partial charge in [0.15, 0.2) is 0 Å². The van der Waals surface area contributed by atoms with Gasteiger partial charge in [-0.1, -0.05) is 31.9 Å². The molecule has 0 radical (unpaired) electrons. The standard InChI is InChI=1S/C20H27N3O2/c1-3-4-5-12-21-17-11-14-22-19(15-17)20(24)23-13-10-16-6-8-18(25-2)9-7-16/h6-9,11,14-15H,3-5,10,12-13H2,1-2H3,(H,21,22)(H,23,24). The first-order valence-electron chi connectivity index (χ1n) is 8.84. The molecule has 0 aliphatic heterocycles. The van der Waals surface area contributed by atoms with Crippen molar-refractivity contribution in [1.29, 1.82) is 0 Å². The Morgan fingerprint density at radius 3 is 2.64 bits per heavy atom. The van der Waals surface area contributed by atoms with Crippen molar-refractivity contribution in [2.24, 2.45) is 0 Å². The van der Waals surface area contributed by atoms with Crippen molar-refractivity contribution in [3.63, 3.8) is 0 Å². The van der Waals surface area contributed by atoms with Crippen molar-refractivity contribution in [2.75, 3.05) is 25.5 Å². The molecule has 0 spiro atoms. The molecule has 2 rings (SSSR count). The first-order chi connectivity index (χ1) is 12.2. The monoisotopic (exact) mass is 341 g/mol. The summed E-state index contributed by atoms with van der Waals surface area (Å²) in [5, 5.41) is 6.25. The van der Waals surface area contributed by atoms with E-state index in [1.807, 2.05) is 30.3 Å². The summed E-state index contributed by atoms with van der Waals surface area (Å²) in [7, 11) is 1.65. The van der Waals surface area contributed by atoms with Gasteiger partial charge in [0, 0.05) is 25.0 Å². The molecule has 2 aromatic rings. The Morgan fingerprint density at radius 1 is 1.12 bits per heavy atom. The molecule has 0 fully saturated rings. The van der Waals surface area contributed by atoms with Crippen molar-refractivity contribution in [3.05, 3.63) is 53.9 Å².